The van der Waals surface area contributed by atoms with E-state index in [1.165, 1.54) is 64.2 Å². The molecule has 1 N–H and O–H groups in total. The van der Waals surface area contributed by atoms with Gasteiger partial charge in [0.1, 0.15) is 0 Å². The fourth-order valence-electron chi connectivity index (χ4n) is 4.49. The summed E-state index contributed by atoms with van der Waals surface area (Å²) in [5, 5.41) is 10.6. The van der Waals surface area contributed by atoms with E-state index in [4.69, 9.17) is 0 Å². The Labute approximate surface area is 132 Å². The zero-order valence-corrected chi connectivity index (χ0v) is 14.3. The standard InChI is InChI=1S/C20H36O/c1-3-5-6-14-20(21)15-12-19(13-16-20)18-10-8-17(7-4-2)9-11-18/h12,15,17-19,21H,3-11,13-14,16H2,1-2H3. The van der Waals surface area contributed by atoms with Crippen molar-refractivity contribution in [2.24, 2.45) is 17.8 Å². The lowest BCUT2D eigenvalue weighted by Gasteiger charge is -2.37. The summed E-state index contributed by atoms with van der Waals surface area (Å²) < 4.78 is 0. The molecule has 0 amide bonds. The van der Waals surface area contributed by atoms with Crippen LogP contribution in [0.5, 0.6) is 0 Å². The molecule has 0 bridgehead atoms. The molecule has 2 unspecified atom stereocenters. The molecule has 1 heteroatoms. The second-order valence-corrected chi connectivity index (χ2v) is 7.69. The Morgan fingerprint density at radius 3 is 2.33 bits per heavy atom. The minimum atomic E-state index is -0.481. The van der Waals surface area contributed by atoms with Gasteiger partial charge in [0, 0.05) is 0 Å². The van der Waals surface area contributed by atoms with Gasteiger partial charge in [-0.3, -0.25) is 0 Å². The van der Waals surface area contributed by atoms with Gasteiger partial charge in [0.05, 0.1) is 5.60 Å². The van der Waals surface area contributed by atoms with Crippen LogP contribution in [0.15, 0.2) is 12.2 Å². The van der Waals surface area contributed by atoms with Gasteiger partial charge in [0.15, 0.2) is 0 Å². The fourth-order valence-corrected chi connectivity index (χ4v) is 4.49. The van der Waals surface area contributed by atoms with Gasteiger partial charge in [-0.15, -0.1) is 0 Å². The topological polar surface area (TPSA) is 20.2 Å². The Morgan fingerprint density at radius 1 is 1.00 bits per heavy atom. The summed E-state index contributed by atoms with van der Waals surface area (Å²) in [4.78, 5) is 0. The maximum absolute atomic E-state index is 10.6. The third kappa shape index (κ3) is 5.13. The van der Waals surface area contributed by atoms with Crippen LogP contribution in [0.1, 0.15) is 90.9 Å². The molecule has 1 saturated carbocycles. The SMILES string of the molecule is CCCCCC1(O)C=CC(C2CCC(CCC)CC2)CC1. The van der Waals surface area contributed by atoms with Crippen LogP contribution >= 0.6 is 0 Å². The fraction of sp³-hybridized carbons (Fsp3) is 0.900. The van der Waals surface area contributed by atoms with E-state index in [2.05, 4.69) is 26.0 Å². The molecule has 0 aromatic rings. The molecule has 2 aliphatic carbocycles. The first-order chi connectivity index (χ1) is 10.2. The van der Waals surface area contributed by atoms with E-state index < -0.39 is 5.60 Å². The van der Waals surface area contributed by atoms with Crippen LogP contribution in [0.3, 0.4) is 0 Å². The highest BCUT2D eigenvalue weighted by Crippen LogP contribution is 2.41. The van der Waals surface area contributed by atoms with E-state index in [-0.39, 0.29) is 0 Å². The quantitative estimate of drug-likeness (QED) is 0.459. The number of hydrogen-bond donors (Lipinski definition) is 1. The molecule has 122 valence electrons. The van der Waals surface area contributed by atoms with Crippen molar-refractivity contribution >= 4 is 0 Å². The van der Waals surface area contributed by atoms with Gasteiger partial charge in [0.25, 0.3) is 0 Å². The van der Waals surface area contributed by atoms with Crippen LogP contribution in [0, 0.1) is 17.8 Å². The first kappa shape index (κ1) is 17.1. The summed E-state index contributed by atoms with van der Waals surface area (Å²) >= 11 is 0. The van der Waals surface area contributed by atoms with E-state index in [1.807, 2.05) is 0 Å². The van der Waals surface area contributed by atoms with Crippen LogP contribution in [0.2, 0.25) is 0 Å². The average Bonchev–Trinajstić information content (AvgIpc) is 2.50. The molecule has 0 radical (unpaired) electrons. The van der Waals surface area contributed by atoms with E-state index in [0.717, 1.165) is 30.6 Å². The first-order valence-electron chi connectivity index (χ1n) is 9.58. The molecule has 2 aliphatic rings. The van der Waals surface area contributed by atoms with Crippen molar-refractivity contribution in [3.63, 3.8) is 0 Å². The van der Waals surface area contributed by atoms with E-state index in [1.54, 1.807) is 0 Å². The maximum Gasteiger partial charge on any atom is 0.0828 e. The molecule has 1 nitrogen and oxygen atoms in total. The van der Waals surface area contributed by atoms with Crippen molar-refractivity contribution in [3.05, 3.63) is 12.2 Å². The maximum atomic E-state index is 10.6. The molecule has 0 aliphatic heterocycles. The molecule has 0 aromatic carbocycles. The number of allylic oxidation sites excluding steroid dienone is 1. The highest BCUT2D eigenvalue weighted by atomic mass is 16.3. The number of rotatable bonds is 7. The lowest BCUT2D eigenvalue weighted by atomic mass is 9.70. The Hall–Kier alpha value is -0.300. The van der Waals surface area contributed by atoms with Crippen molar-refractivity contribution in [2.45, 2.75) is 96.5 Å². The Balaban J connectivity index is 1.77. The van der Waals surface area contributed by atoms with E-state index in [0.29, 0.717) is 0 Å². The first-order valence-corrected chi connectivity index (χ1v) is 9.58. The van der Waals surface area contributed by atoms with Crippen LogP contribution in [-0.4, -0.2) is 10.7 Å². The minimum Gasteiger partial charge on any atom is -0.386 e. The van der Waals surface area contributed by atoms with Crippen molar-refractivity contribution in [2.75, 3.05) is 0 Å². The number of aliphatic hydroxyl groups is 1. The molecule has 0 spiro atoms. The molecular formula is C20H36O. The molecule has 0 aromatic heterocycles. The van der Waals surface area contributed by atoms with Gasteiger partial charge in [-0.1, -0.05) is 70.9 Å². The van der Waals surface area contributed by atoms with E-state index >= 15 is 0 Å². The minimum absolute atomic E-state index is 0.481. The second kappa shape index (κ2) is 8.36. The summed E-state index contributed by atoms with van der Waals surface area (Å²) in [6, 6.07) is 0. The summed E-state index contributed by atoms with van der Waals surface area (Å²) in [6.45, 7) is 4.54. The summed E-state index contributed by atoms with van der Waals surface area (Å²) in [5.74, 6) is 2.65. The monoisotopic (exact) mass is 292 g/mol. The van der Waals surface area contributed by atoms with Gasteiger partial charge in [-0.2, -0.15) is 0 Å². The predicted molar refractivity (Wildman–Crippen MR) is 91.3 cm³/mol. The van der Waals surface area contributed by atoms with Crippen LogP contribution in [0.25, 0.3) is 0 Å². The number of hydrogen-bond acceptors (Lipinski definition) is 1. The largest absolute Gasteiger partial charge is 0.386 e. The molecular weight excluding hydrogens is 256 g/mol. The molecule has 1 fully saturated rings. The molecule has 0 heterocycles. The van der Waals surface area contributed by atoms with Crippen LogP contribution < -0.4 is 0 Å². The van der Waals surface area contributed by atoms with Crippen molar-refractivity contribution < 1.29 is 5.11 Å². The Morgan fingerprint density at radius 2 is 1.76 bits per heavy atom. The van der Waals surface area contributed by atoms with Gasteiger partial charge in [-0.05, 0) is 49.9 Å². The van der Waals surface area contributed by atoms with Crippen LogP contribution in [0.4, 0.5) is 0 Å². The molecule has 0 saturated heterocycles. The normalized spacial score (nSPS) is 36.8. The van der Waals surface area contributed by atoms with Gasteiger partial charge in [-0.25, -0.2) is 0 Å². The van der Waals surface area contributed by atoms with Gasteiger partial charge >= 0.3 is 0 Å². The summed E-state index contributed by atoms with van der Waals surface area (Å²) in [7, 11) is 0. The second-order valence-electron chi connectivity index (χ2n) is 7.69. The highest BCUT2D eigenvalue weighted by Gasteiger charge is 2.32. The van der Waals surface area contributed by atoms with Gasteiger partial charge in [0.2, 0.25) is 0 Å². The zero-order valence-electron chi connectivity index (χ0n) is 14.3. The van der Waals surface area contributed by atoms with Crippen molar-refractivity contribution in [1.82, 2.24) is 0 Å². The average molecular weight is 293 g/mol. The third-order valence-electron chi connectivity index (χ3n) is 5.97. The lowest BCUT2D eigenvalue weighted by Crippen LogP contribution is -2.32. The zero-order chi connectivity index (χ0) is 15.1. The Bertz CT molecular complexity index is 314. The number of unbranched alkanes of at least 4 members (excludes halogenated alkanes) is 2. The van der Waals surface area contributed by atoms with E-state index in [9.17, 15) is 5.11 Å². The Kier molecular flexibility index (Phi) is 6.79. The third-order valence-corrected chi connectivity index (χ3v) is 5.97. The summed E-state index contributed by atoms with van der Waals surface area (Å²) in [6.07, 6.45) is 19.9. The van der Waals surface area contributed by atoms with Crippen molar-refractivity contribution in [1.29, 1.82) is 0 Å². The smallest absolute Gasteiger partial charge is 0.0828 e. The van der Waals surface area contributed by atoms with Crippen LogP contribution in [-0.2, 0) is 0 Å². The lowest BCUT2D eigenvalue weighted by molar-refractivity contribution is 0.0500. The highest BCUT2D eigenvalue weighted by molar-refractivity contribution is 5.09. The van der Waals surface area contributed by atoms with Gasteiger partial charge < -0.3 is 5.11 Å². The molecule has 2 atom stereocenters. The predicted octanol–water partition coefficient (Wildman–Crippen LogP) is 5.87. The summed E-state index contributed by atoms with van der Waals surface area (Å²) in [5.41, 5.74) is -0.481. The molecule has 21 heavy (non-hydrogen) atoms. The van der Waals surface area contributed by atoms with Crippen molar-refractivity contribution in [3.8, 4) is 0 Å². The molecule has 2 rings (SSSR count).